The minimum Gasteiger partial charge on any atom is -0.478 e. The number of aromatic carboxylic acids is 1. The number of carboxylic acids is 1. The van der Waals surface area contributed by atoms with Crippen LogP contribution in [0.3, 0.4) is 0 Å². The number of carboxylic acid groups (broad SMARTS) is 1. The number of carbonyl (C=O) groups excluding carboxylic acids is 1. The Morgan fingerprint density at radius 1 is 0.971 bits per heavy atom. The fourth-order valence-electron chi connectivity index (χ4n) is 3.91. The van der Waals surface area contributed by atoms with Crippen molar-refractivity contribution in [3.05, 3.63) is 83.6 Å². The van der Waals surface area contributed by atoms with E-state index in [0.717, 1.165) is 27.7 Å². The van der Waals surface area contributed by atoms with Crippen LogP contribution in [0, 0.1) is 0 Å². The molecule has 6 rings (SSSR count). The number of aromatic amines is 1. The Balaban J connectivity index is 1.39. The molecule has 4 aromatic heterocycles. The van der Waals surface area contributed by atoms with E-state index in [4.69, 9.17) is 8.83 Å². The van der Waals surface area contributed by atoms with Crippen LogP contribution in [-0.4, -0.2) is 27.2 Å². The summed E-state index contributed by atoms with van der Waals surface area (Å²) in [7, 11) is 0. The van der Waals surface area contributed by atoms with Crippen LogP contribution in [0.5, 0.6) is 0 Å². The summed E-state index contributed by atoms with van der Waals surface area (Å²) >= 11 is 1.11. The number of para-hydroxylation sites is 2. The number of furan rings is 2. The highest BCUT2D eigenvalue weighted by Gasteiger charge is 2.25. The lowest BCUT2D eigenvalue weighted by atomic mass is 10.1. The van der Waals surface area contributed by atoms with Gasteiger partial charge in [-0.15, -0.1) is 11.3 Å². The second-order valence-electron chi connectivity index (χ2n) is 7.56. The molecule has 8 nitrogen and oxygen atoms in total. The molecule has 34 heavy (non-hydrogen) atoms. The number of nitrogens with one attached hydrogen (secondary N) is 2. The highest BCUT2D eigenvalue weighted by atomic mass is 32.1. The van der Waals surface area contributed by atoms with Gasteiger partial charge in [0.2, 0.25) is 0 Å². The lowest BCUT2D eigenvalue weighted by molar-refractivity contribution is 0.0699. The Morgan fingerprint density at radius 3 is 2.62 bits per heavy atom. The summed E-state index contributed by atoms with van der Waals surface area (Å²) in [6, 6.07) is 18.1. The van der Waals surface area contributed by atoms with Crippen LogP contribution in [0.1, 0.15) is 20.9 Å². The SMILES string of the molecule is O=C(Nc1scc(-c2cc3cccc(-c4cc[nH]n4)c3o2)c1C(=O)O)c1cc2ccccc2o1. The van der Waals surface area contributed by atoms with Gasteiger partial charge in [-0.3, -0.25) is 9.89 Å². The maximum absolute atomic E-state index is 12.8. The Hall–Kier alpha value is -4.63. The van der Waals surface area contributed by atoms with Crippen molar-refractivity contribution in [3.63, 3.8) is 0 Å². The first-order valence-corrected chi connectivity index (χ1v) is 11.1. The molecule has 0 saturated heterocycles. The molecule has 0 aliphatic heterocycles. The van der Waals surface area contributed by atoms with E-state index in [2.05, 4.69) is 15.5 Å². The van der Waals surface area contributed by atoms with Crippen molar-refractivity contribution >= 4 is 50.2 Å². The Kier molecular flexibility index (Phi) is 4.56. The van der Waals surface area contributed by atoms with Crippen LogP contribution >= 0.6 is 11.3 Å². The topological polar surface area (TPSA) is 121 Å². The molecule has 0 bridgehead atoms. The molecule has 9 heteroatoms. The Bertz CT molecular complexity index is 1660. The van der Waals surface area contributed by atoms with Gasteiger partial charge in [0, 0.05) is 33.5 Å². The van der Waals surface area contributed by atoms with Gasteiger partial charge in [0.15, 0.2) is 5.76 Å². The van der Waals surface area contributed by atoms with E-state index in [9.17, 15) is 14.7 Å². The lowest BCUT2D eigenvalue weighted by Crippen LogP contribution is -2.12. The number of carbonyl (C=O) groups is 2. The van der Waals surface area contributed by atoms with Crippen molar-refractivity contribution in [2.24, 2.45) is 0 Å². The van der Waals surface area contributed by atoms with Gasteiger partial charge >= 0.3 is 5.97 Å². The molecule has 6 aromatic rings. The normalized spacial score (nSPS) is 11.3. The predicted molar refractivity (Wildman–Crippen MR) is 128 cm³/mol. The third kappa shape index (κ3) is 3.26. The van der Waals surface area contributed by atoms with Gasteiger partial charge in [0.05, 0.1) is 5.69 Å². The van der Waals surface area contributed by atoms with Gasteiger partial charge < -0.3 is 19.3 Å². The van der Waals surface area contributed by atoms with Crippen LogP contribution in [0.25, 0.3) is 44.5 Å². The van der Waals surface area contributed by atoms with Gasteiger partial charge in [-0.05, 0) is 30.3 Å². The number of nitrogens with zero attached hydrogens (tertiary/aromatic N) is 1. The van der Waals surface area contributed by atoms with Crippen LogP contribution in [0.15, 0.2) is 81.1 Å². The highest BCUT2D eigenvalue weighted by molar-refractivity contribution is 7.15. The molecular weight excluding hydrogens is 454 g/mol. The minimum atomic E-state index is -1.18. The second-order valence-corrected chi connectivity index (χ2v) is 8.43. The van der Waals surface area contributed by atoms with Crippen molar-refractivity contribution < 1.29 is 23.5 Å². The zero-order valence-electron chi connectivity index (χ0n) is 17.4. The fourth-order valence-corrected chi connectivity index (χ4v) is 4.85. The van der Waals surface area contributed by atoms with Crippen LogP contribution in [0.2, 0.25) is 0 Å². The van der Waals surface area contributed by atoms with E-state index in [1.54, 1.807) is 29.8 Å². The smallest absolute Gasteiger partial charge is 0.339 e. The quantitative estimate of drug-likeness (QED) is 0.274. The summed E-state index contributed by atoms with van der Waals surface area (Å²) in [5.41, 5.74) is 3.01. The number of hydrogen-bond donors (Lipinski definition) is 3. The van der Waals surface area contributed by atoms with Crippen molar-refractivity contribution in [2.45, 2.75) is 0 Å². The van der Waals surface area contributed by atoms with E-state index in [-0.39, 0.29) is 16.3 Å². The number of H-pyrrole nitrogens is 1. The first-order chi connectivity index (χ1) is 16.6. The number of anilines is 1. The summed E-state index contributed by atoms with van der Waals surface area (Å²) in [6.07, 6.45) is 1.72. The first-order valence-electron chi connectivity index (χ1n) is 10.3. The van der Waals surface area contributed by atoms with Crippen molar-refractivity contribution in [1.29, 1.82) is 0 Å². The average molecular weight is 469 g/mol. The zero-order chi connectivity index (χ0) is 23.2. The molecule has 0 atom stereocenters. The molecule has 0 radical (unpaired) electrons. The molecule has 2 aromatic carbocycles. The zero-order valence-corrected chi connectivity index (χ0v) is 18.2. The van der Waals surface area contributed by atoms with E-state index in [1.165, 1.54) is 0 Å². The van der Waals surface area contributed by atoms with Gasteiger partial charge in [-0.2, -0.15) is 5.10 Å². The maximum Gasteiger partial charge on any atom is 0.339 e. The van der Waals surface area contributed by atoms with Crippen molar-refractivity contribution in [3.8, 4) is 22.6 Å². The van der Waals surface area contributed by atoms with Crippen LogP contribution < -0.4 is 5.32 Å². The summed E-state index contributed by atoms with van der Waals surface area (Å²) < 4.78 is 11.7. The Morgan fingerprint density at radius 2 is 1.82 bits per heavy atom. The number of benzene rings is 2. The molecule has 166 valence electrons. The van der Waals surface area contributed by atoms with E-state index < -0.39 is 11.9 Å². The number of hydrogen-bond acceptors (Lipinski definition) is 6. The lowest BCUT2D eigenvalue weighted by Gasteiger charge is -2.03. The van der Waals surface area contributed by atoms with Crippen LogP contribution in [-0.2, 0) is 0 Å². The summed E-state index contributed by atoms with van der Waals surface area (Å²) in [6.45, 7) is 0. The third-order valence-corrected chi connectivity index (χ3v) is 6.36. The fraction of sp³-hybridized carbons (Fsp3) is 0. The number of rotatable bonds is 5. The van der Waals surface area contributed by atoms with E-state index >= 15 is 0 Å². The summed E-state index contributed by atoms with van der Waals surface area (Å²) in [4.78, 5) is 25.0. The first kappa shape index (κ1) is 20.0. The number of aromatic nitrogens is 2. The predicted octanol–water partition coefficient (Wildman–Crippen LogP) is 6.25. The highest BCUT2D eigenvalue weighted by Crippen LogP contribution is 2.40. The largest absolute Gasteiger partial charge is 0.478 e. The van der Waals surface area contributed by atoms with Gasteiger partial charge in [0.1, 0.15) is 27.5 Å². The average Bonchev–Trinajstić information content (AvgIpc) is 3.63. The number of amides is 1. The summed E-state index contributed by atoms with van der Waals surface area (Å²) in [5, 5.41) is 23.1. The molecule has 0 saturated carbocycles. The second kappa shape index (κ2) is 7.75. The van der Waals surface area contributed by atoms with Crippen molar-refractivity contribution in [1.82, 2.24) is 10.2 Å². The maximum atomic E-state index is 12.8. The molecule has 3 N–H and O–H groups in total. The number of thiophene rings is 1. The van der Waals surface area contributed by atoms with Gasteiger partial charge in [-0.1, -0.05) is 30.3 Å². The summed E-state index contributed by atoms with van der Waals surface area (Å²) in [5.74, 6) is -1.22. The molecule has 0 unspecified atom stereocenters. The van der Waals surface area contributed by atoms with E-state index in [1.807, 2.05) is 42.5 Å². The third-order valence-electron chi connectivity index (χ3n) is 5.47. The molecule has 0 aliphatic carbocycles. The van der Waals surface area contributed by atoms with Gasteiger partial charge in [0.25, 0.3) is 5.91 Å². The molecular formula is C25H15N3O5S. The van der Waals surface area contributed by atoms with Crippen LogP contribution in [0.4, 0.5) is 5.00 Å². The van der Waals surface area contributed by atoms with E-state index in [0.29, 0.717) is 28.2 Å². The monoisotopic (exact) mass is 469 g/mol. The molecule has 0 spiro atoms. The Labute approximate surface area is 195 Å². The van der Waals surface area contributed by atoms with Crippen molar-refractivity contribution in [2.75, 3.05) is 5.32 Å². The van der Waals surface area contributed by atoms with Gasteiger partial charge in [-0.25, -0.2) is 4.79 Å². The molecule has 4 heterocycles. The minimum absolute atomic E-state index is 0.0464. The molecule has 0 fully saturated rings. The standard InChI is InChI=1S/C25H15N3O5S/c29-23(20-10-13-4-1-2-7-18(13)32-20)27-24-21(25(30)31)16(12-34-24)19-11-14-5-3-6-15(22(14)33-19)17-8-9-26-28-17/h1-12H,(H,26,28)(H,27,29)(H,30,31). The molecule has 1 amide bonds. The molecule has 0 aliphatic rings. The number of fused-ring (bicyclic) bond motifs is 2.